The molecule has 4 aliphatic heterocycles. The molecule has 44 heavy (non-hydrogen) atoms. The molecule has 8 rings (SSSR count). The van der Waals surface area contributed by atoms with Gasteiger partial charge in [0.15, 0.2) is 11.9 Å². The van der Waals surface area contributed by atoms with Gasteiger partial charge >= 0.3 is 11.9 Å². The molecular weight excluding hydrogens is 566 g/mol. The van der Waals surface area contributed by atoms with Gasteiger partial charge in [0.25, 0.3) is 0 Å². The predicted molar refractivity (Wildman–Crippen MR) is 157 cm³/mol. The molecule has 8 atom stereocenters. The number of hydrogen-bond acceptors (Lipinski definition) is 11. The van der Waals surface area contributed by atoms with Gasteiger partial charge in [0, 0.05) is 29.3 Å². The van der Waals surface area contributed by atoms with Crippen molar-refractivity contribution in [3.05, 3.63) is 54.9 Å². The van der Waals surface area contributed by atoms with Crippen molar-refractivity contribution in [2.24, 2.45) is 23.7 Å². The SMILES string of the molecule is C[C@H]1[C@@H](OC(=O)CCC(=O)Oc2ccc(Nc3ncnc4ccccc34)cc2)O[C@@H]2O[C@]3(C)CC[C@H]4[C@H](C)CC[C@@H]1[C@@]24OO3. The Morgan fingerprint density at radius 1 is 0.955 bits per heavy atom. The molecule has 5 heterocycles. The summed E-state index contributed by atoms with van der Waals surface area (Å²) in [5.74, 6) is -0.366. The van der Waals surface area contributed by atoms with E-state index in [1.807, 2.05) is 38.1 Å². The standard InChI is InChI=1S/C33H37N3O8/c1-19-8-13-25-20(2)30(41-31-33(25)24(19)16-17-32(3,42-31)43-44-33)40-28(38)15-14-27(37)39-22-11-9-21(10-12-22)36-29-23-6-4-5-7-26(23)34-18-35-29/h4-7,9-12,18-20,24-25,30-31H,8,13-17H2,1-3H3,(H,34,35,36)/t19-,20-,24+,25+,30+,31-,32+,33-/m1/s1. The first-order chi connectivity index (χ1) is 21.2. The highest BCUT2D eigenvalue weighted by atomic mass is 17.3. The van der Waals surface area contributed by atoms with Crippen molar-refractivity contribution in [2.45, 2.75) is 83.3 Å². The van der Waals surface area contributed by atoms with Crippen molar-refractivity contribution in [3.8, 4) is 5.75 Å². The van der Waals surface area contributed by atoms with Crippen LogP contribution < -0.4 is 10.1 Å². The average Bonchev–Trinajstić information content (AvgIpc) is 3.25. The van der Waals surface area contributed by atoms with E-state index in [9.17, 15) is 9.59 Å². The van der Waals surface area contributed by atoms with Gasteiger partial charge in [-0.1, -0.05) is 26.0 Å². The molecule has 1 aliphatic carbocycles. The highest BCUT2D eigenvalue weighted by Gasteiger charge is 2.69. The topological polar surface area (TPSA) is 127 Å². The Balaban J connectivity index is 0.934. The van der Waals surface area contributed by atoms with Crippen molar-refractivity contribution in [3.63, 3.8) is 0 Å². The number of ether oxygens (including phenoxy) is 4. The molecule has 11 nitrogen and oxygen atoms in total. The zero-order valence-electron chi connectivity index (χ0n) is 25.1. The number of benzene rings is 2. The summed E-state index contributed by atoms with van der Waals surface area (Å²) >= 11 is 0. The Morgan fingerprint density at radius 2 is 1.75 bits per heavy atom. The van der Waals surface area contributed by atoms with Crippen molar-refractivity contribution in [1.82, 2.24) is 9.97 Å². The molecule has 4 saturated heterocycles. The number of carbonyl (C=O) groups excluding carboxylic acids is 2. The van der Waals surface area contributed by atoms with E-state index in [0.717, 1.165) is 35.9 Å². The van der Waals surface area contributed by atoms with Crippen molar-refractivity contribution >= 4 is 34.3 Å². The Hall–Kier alpha value is -3.64. The molecule has 2 aromatic carbocycles. The maximum absolute atomic E-state index is 12.9. The van der Waals surface area contributed by atoms with Crippen LogP contribution in [0.4, 0.5) is 11.5 Å². The fraction of sp³-hybridized carbons (Fsp3) is 0.515. The fourth-order valence-corrected chi connectivity index (χ4v) is 7.43. The van der Waals surface area contributed by atoms with E-state index < -0.39 is 35.9 Å². The summed E-state index contributed by atoms with van der Waals surface area (Å²) in [4.78, 5) is 46.0. The molecule has 0 amide bonds. The Labute approximate surface area is 255 Å². The summed E-state index contributed by atoms with van der Waals surface area (Å²) in [5.41, 5.74) is 0.881. The van der Waals surface area contributed by atoms with E-state index in [1.165, 1.54) is 6.33 Å². The van der Waals surface area contributed by atoms with Crippen LogP contribution in [-0.2, 0) is 33.6 Å². The van der Waals surface area contributed by atoms with E-state index in [0.29, 0.717) is 23.9 Å². The Morgan fingerprint density at radius 3 is 2.59 bits per heavy atom. The Kier molecular flexibility index (Phi) is 7.52. The fourth-order valence-electron chi connectivity index (χ4n) is 7.43. The van der Waals surface area contributed by atoms with Gasteiger partial charge in [-0.15, -0.1) is 0 Å². The van der Waals surface area contributed by atoms with Crippen LogP contribution in [0.25, 0.3) is 10.9 Å². The molecule has 5 aliphatic rings. The van der Waals surface area contributed by atoms with Gasteiger partial charge in [-0.25, -0.2) is 19.7 Å². The third-order valence-electron chi connectivity index (χ3n) is 9.77. The first-order valence-corrected chi connectivity index (χ1v) is 15.4. The van der Waals surface area contributed by atoms with E-state index >= 15 is 0 Å². The van der Waals surface area contributed by atoms with E-state index in [1.54, 1.807) is 24.3 Å². The highest BCUT2D eigenvalue weighted by molar-refractivity contribution is 5.90. The molecule has 232 valence electrons. The monoisotopic (exact) mass is 603 g/mol. The van der Waals surface area contributed by atoms with Gasteiger partial charge in [0.1, 0.15) is 17.9 Å². The first kappa shape index (κ1) is 29.1. The number of aromatic nitrogens is 2. The van der Waals surface area contributed by atoms with Gasteiger partial charge in [0.05, 0.1) is 18.4 Å². The number of hydrogen-bond donors (Lipinski definition) is 1. The third-order valence-corrected chi connectivity index (χ3v) is 9.77. The lowest BCUT2D eigenvalue weighted by Crippen LogP contribution is -2.70. The minimum Gasteiger partial charge on any atom is -0.435 e. The largest absolute Gasteiger partial charge is 0.435 e. The van der Waals surface area contributed by atoms with Crippen LogP contribution in [0.15, 0.2) is 54.9 Å². The molecule has 1 aromatic heterocycles. The average molecular weight is 604 g/mol. The minimum atomic E-state index is -0.908. The third kappa shape index (κ3) is 5.21. The number of anilines is 2. The van der Waals surface area contributed by atoms with Crippen LogP contribution in [0.5, 0.6) is 5.75 Å². The van der Waals surface area contributed by atoms with E-state index in [-0.39, 0.29) is 30.6 Å². The number of nitrogens with one attached hydrogen (secondary N) is 1. The molecule has 1 N–H and O–H groups in total. The zero-order valence-corrected chi connectivity index (χ0v) is 25.1. The first-order valence-electron chi connectivity index (χ1n) is 15.4. The van der Waals surface area contributed by atoms with Crippen LogP contribution in [0.3, 0.4) is 0 Å². The smallest absolute Gasteiger partial charge is 0.311 e. The Bertz CT molecular complexity index is 1550. The normalized spacial score (nSPS) is 34.1. The van der Waals surface area contributed by atoms with Gasteiger partial charge < -0.3 is 24.3 Å². The predicted octanol–water partition coefficient (Wildman–Crippen LogP) is 5.81. The summed E-state index contributed by atoms with van der Waals surface area (Å²) < 4.78 is 23.9. The summed E-state index contributed by atoms with van der Waals surface area (Å²) in [6, 6.07) is 14.7. The second-order valence-corrected chi connectivity index (χ2v) is 12.6. The molecule has 2 bridgehead atoms. The van der Waals surface area contributed by atoms with Crippen molar-refractivity contribution in [1.29, 1.82) is 0 Å². The number of para-hydroxylation sites is 1. The number of esters is 2. The van der Waals surface area contributed by atoms with Gasteiger partial charge in [-0.2, -0.15) is 0 Å². The second kappa shape index (κ2) is 11.4. The van der Waals surface area contributed by atoms with E-state index in [4.69, 9.17) is 28.7 Å². The molecule has 3 aromatic rings. The lowest BCUT2D eigenvalue weighted by atomic mass is 9.58. The number of fused-ring (bicyclic) bond motifs is 3. The van der Waals surface area contributed by atoms with Gasteiger partial charge in [-0.3, -0.25) is 9.59 Å². The van der Waals surface area contributed by atoms with Gasteiger partial charge in [-0.05, 0) is 74.4 Å². The van der Waals surface area contributed by atoms with Crippen molar-refractivity contribution in [2.75, 3.05) is 5.32 Å². The minimum absolute atomic E-state index is 0.0402. The molecule has 1 spiro atoms. The maximum Gasteiger partial charge on any atom is 0.311 e. The van der Waals surface area contributed by atoms with Crippen LogP contribution in [0.2, 0.25) is 0 Å². The van der Waals surface area contributed by atoms with Crippen LogP contribution in [0.1, 0.15) is 59.3 Å². The lowest BCUT2D eigenvalue weighted by molar-refractivity contribution is -0.576. The van der Waals surface area contributed by atoms with Crippen LogP contribution in [0, 0.1) is 23.7 Å². The molecule has 0 radical (unpaired) electrons. The lowest BCUT2D eigenvalue weighted by Gasteiger charge is -2.59. The molecular formula is C33H37N3O8. The summed E-state index contributed by atoms with van der Waals surface area (Å²) in [6.45, 7) is 6.12. The molecule has 0 unspecified atom stereocenters. The van der Waals surface area contributed by atoms with Crippen LogP contribution >= 0.6 is 0 Å². The second-order valence-electron chi connectivity index (χ2n) is 12.6. The highest BCUT2D eigenvalue weighted by Crippen LogP contribution is 2.60. The maximum atomic E-state index is 12.9. The van der Waals surface area contributed by atoms with Crippen molar-refractivity contribution < 1.29 is 38.3 Å². The molecule has 5 fully saturated rings. The number of rotatable bonds is 7. The summed E-state index contributed by atoms with van der Waals surface area (Å²) in [6.07, 6.45) is 3.30. The quantitative estimate of drug-likeness (QED) is 0.200. The molecule has 11 heteroatoms. The van der Waals surface area contributed by atoms with Crippen LogP contribution in [-0.4, -0.2) is 45.9 Å². The summed E-state index contributed by atoms with van der Waals surface area (Å²) in [5, 5.41) is 4.16. The number of nitrogens with zero attached hydrogens (tertiary/aromatic N) is 2. The molecule has 1 saturated carbocycles. The van der Waals surface area contributed by atoms with E-state index in [2.05, 4.69) is 22.2 Å². The summed E-state index contributed by atoms with van der Waals surface area (Å²) in [7, 11) is 0. The zero-order chi connectivity index (χ0) is 30.5. The number of carbonyl (C=O) groups is 2. The van der Waals surface area contributed by atoms with Gasteiger partial charge in [0.2, 0.25) is 12.1 Å².